The van der Waals surface area contributed by atoms with Gasteiger partial charge in [0.1, 0.15) is 10.6 Å². The molecule has 3 rings (SSSR count). The molecular weight excluding hydrogens is 434 g/mol. The first-order valence-corrected chi connectivity index (χ1v) is 12.6. The van der Waals surface area contributed by atoms with E-state index in [0.717, 1.165) is 25.0 Å². The Morgan fingerprint density at radius 3 is 2.55 bits per heavy atom. The molecule has 0 bridgehead atoms. The van der Waals surface area contributed by atoms with Gasteiger partial charge in [-0.3, -0.25) is 10.1 Å². The molecule has 0 spiro atoms. The largest absolute Gasteiger partial charge is 0.495 e. The number of aromatic nitrogens is 1. The zero-order valence-electron chi connectivity index (χ0n) is 18.3. The number of ether oxygens (including phenoxy) is 1. The number of nitrogens with one attached hydrogen (secondary N) is 1. The Bertz CT molecular complexity index is 1060. The van der Waals surface area contributed by atoms with Crippen LogP contribution in [0.4, 0.5) is 5.13 Å². The number of benzene rings is 1. The number of carbonyl (C=O) groups is 1. The van der Waals surface area contributed by atoms with Crippen molar-refractivity contribution in [2.75, 3.05) is 25.5 Å². The second-order valence-corrected chi connectivity index (χ2v) is 11.2. The molecule has 0 aliphatic carbocycles. The highest BCUT2D eigenvalue weighted by molar-refractivity contribution is 7.89. The fourth-order valence-electron chi connectivity index (χ4n) is 3.24. The molecule has 1 aliphatic rings. The topological polar surface area (TPSA) is 88.6 Å². The summed E-state index contributed by atoms with van der Waals surface area (Å²) in [7, 11) is -2.21. The third kappa shape index (κ3) is 5.72. The van der Waals surface area contributed by atoms with Gasteiger partial charge in [0.2, 0.25) is 15.9 Å². The number of carbonyl (C=O) groups excluding carboxylic acids is 1. The summed E-state index contributed by atoms with van der Waals surface area (Å²) in [5.74, 6) is -0.0317. The van der Waals surface area contributed by atoms with Gasteiger partial charge in [-0.1, -0.05) is 33.3 Å². The number of hydrogen-bond donors (Lipinski definition) is 1. The molecule has 0 saturated carbocycles. The van der Waals surface area contributed by atoms with Gasteiger partial charge in [-0.15, -0.1) is 11.3 Å². The summed E-state index contributed by atoms with van der Waals surface area (Å²) in [5.41, 5.74) is 1.43. The number of hydrogen-bond acceptors (Lipinski definition) is 6. The van der Waals surface area contributed by atoms with Crippen LogP contribution in [0.15, 0.2) is 34.6 Å². The number of piperidine rings is 1. The van der Waals surface area contributed by atoms with E-state index in [1.807, 2.05) is 5.38 Å². The average Bonchev–Trinajstić information content (AvgIpc) is 3.21. The zero-order chi connectivity index (χ0) is 22.6. The van der Waals surface area contributed by atoms with Gasteiger partial charge in [0.25, 0.3) is 0 Å². The summed E-state index contributed by atoms with van der Waals surface area (Å²) in [4.78, 5) is 16.9. The molecule has 0 unspecified atom stereocenters. The van der Waals surface area contributed by atoms with E-state index in [1.54, 1.807) is 24.3 Å². The Hall–Kier alpha value is -2.23. The molecule has 1 aromatic carbocycles. The van der Waals surface area contributed by atoms with Gasteiger partial charge in [0.05, 0.1) is 12.8 Å². The van der Waals surface area contributed by atoms with E-state index in [9.17, 15) is 13.2 Å². The van der Waals surface area contributed by atoms with Crippen molar-refractivity contribution < 1.29 is 17.9 Å². The van der Waals surface area contributed by atoms with Gasteiger partial charge in [-0.05, 0) is 36.6 Å². The van der Waals surface area contributed by atoms with Gasteiger partial charge in [-0.2, -0.15) is 4.31 Å². The van der Waals surface area contributed by atoms with Crippen molar-refractivity contribution >= 4 is 38.5 Å². The summed E-state index contributed by atoms with van der Waals surface area (Å²) in [6.07, 6.45) is 5.71. The summed E-state index contributed by atoms with van der Waals surface area (Å²) >= 11 is 1.37. The molecule has 2 aromatic rings. The number of sulfonamides is 1. The molecule has 1 fully saturated rings. The van der Waals surface area contributed by atoms with Crippen LogP contribution in [0, 0.1) is 0 Å². The summed E-state index contributed by atoms with van der Waals surface area (Å²) in [5, 5.41) is 5.22. The first kappa shape index (κ1) is 23.4. The maximum atomic E-state index is 13.1. The molecule has 1 N–H and O–H groups in total. The van der Waals surface area contributed by atoms with Crippen LogP contribution in [0.5, 0.6) is 5.75 Å². The van der Waals surface area contributed by atoms with E-state index in [4.69, 9.17) is 4.74 Å². The van der Waals surface area contributed by atoms with Gasteiger partial charge in [0.15, 0.2) is 5.13 Å². The molecule has 31 heavy (non-hydrogen) atoms. The van der Waals surface area contributed by atoms with Crippen molar-refractivity contribution in [3.63, 3.8) is 0 Å². The highest BCUT2D eigenvalue weighted by Gasteiger charge is 2.29. The molecule has 0 radical (unpaired) electrons. The predicted molar refractivity (Wildman–Crippen MR) is 124 cm³/mol. The highest BCUT2D eigenvalue weighted by Crippen LogP contribution is 2.30. The van der Waals surface area contributed by atoms with Crippen LogP contribution in [0.25, 0.3) is 6.08 Å². The predicted octanol–water partition coefficient (Wildman–Crippen LogP) is 4.28. The quantitative estimate of drug-likeness (QED) is 0.646. The third-order valence-corrected chi connectivity index (χ3v) is 7.73. The maximum absolute atomic E-state index is 13.1. The lowest BCUT2D eigenvalue weighted by Crippen LogP contribution is -2.35. The van der Waals surface area contributed by atoms with E-state index < -0.39 is 10.0 Å². The van der Waals surface area contributed by atoms with Crippen LogP contribution in [0.3, 0.4) is 0 Å². The average molecular weight is 464 g/mol. The zero-order valence-corrected chi connectivity index (χ0v) is 20.0. The van der Waals surface area contributed by atoms with Crippen LogP contribution >= 0.6 is 11.3 Å². The van der Waals surface area contributed by atoms with E-state index in [0.29, 0.717) is 29.5 Å². The van der Waals surface area contributed by atoms with E-state index >= 15 is 0 Å². The molecule has 1 aromatic heterocycles. The summed E-state index contributed by atoms with van der Waals surface area (Å²) in [6, 6.07) is 4.89. The Kier molecular flexibility index (Phi) is 7.18. The molecule has 168 valence electrons. The first-order valence-electron chi connectivity index (χ1n) is 10.2. The van der Waals surface area contributed by atoms with Crippen LogP contribution in [-0.2, 0) is 20.2 Å². The van der Waals surface area contributed by atoms with Gasteiger partial charge in [-0.25, -0.2) is 13.4 Å². The van der Waals surface area contributed by atoms with E-state index in [-0.39, 0.29) is 16.2 Å². The van der Waals surface area contributed by atoms with E-state index in [1.165, 1.54) is 28.8 Å². The van der Waals surface area contributed by atoms with Crippen molar-refractivity contribution in [1.82, 2.24) is 9.29 Å². The standard InChI is InChI=1S/C22H29N3O4S2/c1-22(2,3)19-15-30-21(23-19)24-20(26)11-9-16-8-10-17(29-4)18(14-16)31(27,28)25-12-6-5-7-13-25/h8-11,14-15H,5-7,12-13H2,1-4H3,(H,23,24,26). The van der Waals surface area contributed by atoms with Crippen LogP contribution in [0.2, 0.25) is 0 Å². The lowest BCUT2D eigenvalue weighted by Gasteiger charge is -2.26. The first-order chi connectivity index (χ1) is 14.6. The van der Waals surface area contributed by atoms with Crippen molar-refractivity contribution in [2.45, 2.75) is 50.3 Å². The minimum atomic E-state index is -3.66. The molecule has 2 heterocycles. The van der Waals surface area contributed by atoms with Gasteiger partial charge >= 0.3 is 0 Å². The van der Waals surface area contributed by atoms with Crippen molar-refractivity contribution in [3.8, 4) is 5.75 Å². The third-order valence-electron chi connectivity index (χ3n) is 5.05. The van der Waals surface area contributed by atoms with Gasteiger partial charge in [0, 0.05) is 30.0 Å². The van der Waals surface area contributed by atoms with Crippen LogP contribution in [0.1, 0.15) is 51.3 Å². The maximum Gasteiger partial charge on any atom is 0.250 e. The van der Waals surface area contributed by atoms with Crippen molar-refractivity contribution in [1.29, 1.82) is 0 Å². The lowest BCUT2D eigenvalue weighted by atomic mass is 9.93. The molecule has 9 heteroatoms. The fraction of sp³-hybridized carbons (Fsp3) is 0.455. The lowest BCUT2D eigenvalue weighted by molar-refractivity contribution is -0.111. The molecule has 1 saturated heterocycles. The monoisotopic (exact) mass is 463 g/mol. The van der Waals surface area contributed by atoms with Crippen LogP contribution < -0.4 is 10.1 Å². The van der Waals surface area contributed by atoms with Crippen LogP contribution in [-0.4, -0.2) is 43.8 Å². The number of methoxy groups -OCH3 is 1. The Balaban J connectivity index is 1.77. The highest BCUT2D eigenvalue weighted by atomic mass is 32.2. The summed E-state index contributed by atoms with van der Waals surface area (Å²) < 4.78 is 33.0. The molecule has 1 amide bonds. The number of anilines is 1. The van der Waals surface area contributed by atoms with Gasteiger partial charge < -0.3 is 4.74 Å². The summed E-state index contributed by atoms with van der Waals surface area (Å²) in [6.45, 7) is 7.21. The SMILES string of the molecule is COc1ccc(C=CC(=O)Nc2nc(C(C)(C)C)cs2)cc1S(=O)(=O)N1CCCCC1. The Morgan fingerprint density at radius 1 is 1.23 bits per heavy atom. The molecular formula is C22H29N3O4S2. The molecule has 7 nitrogen and oxygen atoms in total. The second kappa shape index (κ2) is 9.50. The van der Waals surface area contributed by atoms with E-state index in [2.05, 4.69) is 31.1 Å². The Morgan fingerprint density at radius 2 is 1.94 bits per heavy atom. The Labute approximate surface area is 188 Å². The molecule has 1 aliphatic heterocycles. The number of nitrogens with zero attached hydrogens (tertiary/aromatic N) is 2. The normalized spacial score (nSPS) is 15.9. The second-order valence-electron chi connectivity index (χ2n) is 8.49. The van der Waals surface area contributed by atoms with Crippen molar-refractivity contribution in [2.24, 2.45) is 0 Å². The smallest absolute Gasteiger partial charge is 0.250 e. The molecule has 0 atom stereocenters. The number of rotatable bonds is 6. The minimum absolute atomic E-state index is 0.0886. The minimum Gasteiger partial charge on any atom is -0.495 e. The number of thiazole rings is 1. The number of amides is 1. The fourth-order valence-corrected chi connectivity index (χ4v) is 5.89. The van der Waals surface area contributed by atoms with Crippen molar-refractivity contribution in [3.05, 3.63) is 40.9 Å².